The van der Waals surface area contributed by atoms with Crippen LogP contribution in [0.1, 0.15) is 18.5 Å². The first-order valence-corrected chi connectivity index (χ1v) is 11.7. The van der Waals surface area contributed by atoms with Crippen molar-refractivity contribution in [3.8, 4) is 23.2 Å². The Bertz CT molecular complexity index is 1500. The molecule has 0 bridgehead atoms. The second kappa shape index (κ2) is 10.4. The maximum atomic E-state index is 5.46. The average Bonchev–Trinajstić information content (AvgIpc) is 3.30. The number of para-hydroxylation sites is 2. The maximum Gasteiger partial charge on any atom is 0.241 e. The molecule has 188 valence electrons. The van der Waals surface area contributed by atoms with E-state index in [4.69, 9.17) is 24.2 Å². The topological polar surface area (TPSA) is 108 Å². The van der Waals surface area contributed by atoms with E-state index in [9.17, 15) is 0 Å². The fraction of sp³-hybridized carbons (Fsp3) is 0.185. The van der Waals surface area contributed by atoms with E-state index in [2.05, 4.69) is 39.7 Å². The Hall–Kier alpha value is -4.86. The molecule has 0 amide bonds. The summed E-state index contributed by atoms with van der Waals surface area (Å²) in [5.41, 5.74) is 3.50. The van der Waals surface area contributed by atoms with Crippen LogP contribution >= 0.6 is 0 Å². The summed E-state index contributed by atoms with van der Waals surface area (Å²) in [7, 11) is 4.69. The number of fused-ring (bicyclic) bond motifs is 1. The van der Waals surface area contributed by atoms with Crippen LogP contribution in [0.3, 0.4) is 0 Å². The number of ether oxygens (including phenoxy) is 3. The van der Waals surface area contributed by atoms with Gasteiger partial charge in [0.2, 0.25) is 23.6 Å². The zero-order chi connectivity index (χ0) is 25.8. The van der Waals surface area contributed by atoms with E-state index < -0.39 is 0 Å². The molecule has 0 saturated heterocycles. The zero-order valence-electron chi connectivity index (χ0n) is 21.0. The van der Waals surface area contributed by atoms with Gasteiger partial charge in [0.15, 0.2) is 11.5 Å². The van der Waals surface area contributed by atoms with Gasteiger partial charge in [-0.25, -0.2) is 19.5 Å². The van der Waals surface area contributed by atoms with Crippen LogP contribution in [0.15, 0.2) is 73.1 Å². The van der Waals surface area contributed by atoms with Crippen LogP contribution in [0.5, 0.6) is 17.2 Å². The molecular weight excluding hydrogens is 470 g/mol. The molecule has 1 atom stereocenters. The highest BCUT2D eigenvalue weighted by Gasteiger charge is 2.18. The van der Waals surface area contributed by atoms with E-state index in [1.54, 1.807) is 33.5 Å². The van der Waals surface area contributed by atoms with Gasteiger partial charge in [-0.1, -0.05) is 42.5 Å². The first kappa shape index (κ1) is 23.9. The second-order valence-electron chi connectivity index (χ2n) is 8.18. The fourth-order valence-electron chi connectivity index (χ4n) is 4.08. The zero-order valence-corrected chi connectivity index (χ0v) is 21.0. The number of hydrogen-bond donors (Lipinski definition) is 2. The molecule has 2 heterocycles. The molecule has 5 aromatic rings. The van der Waals surface area contributed by atoms with E-state index in [0.717, 1.165) is 16.6 Å². The van der Waals surface area contributed by atoms with Crippen molar-refractivity contribution in [3.05, 3.63) is 78.6 Å². The molecule has 37 heavy (non-hydrogen) atoms. The smallest absolute Gasteiger partial charge is 0.241 e. The van der Waals surface area contributed by atoms with Crippen LogP contribution in [0.2, 0.25) is 0 Å². The third-order valence-electron chi connectivity index (χ3n) is 5.89. The molecule has 0 aliphatic rings. The first-order chi connectivity index (χ1) is 18.1. The van der Waals surface area contributed by atoms with Crippen LogP contribution in [0, 0.1) is 0 Å². The van der Waals surface area contributed by atoms with E-state index in [1.807, 2.05) is 47.0 Å². The number of rotatable bonds is 9. The number of aromatic nitrogens is 5. The minimum absolute atomic E-state index is 0.00965. The van der Waals surface area contributed by atoms with Crippen LogP contribution in [-0.2, 0) is 0 Å². The van der Waals surface area contributed by atoms with Crippen molar-refractivity contribution in [3.63, 3.8) is 0 Å². The minimum Gasteiger partial charge on any atom is -0.493 e. The Morgan fingerprint density at radius 2 is 1.51 bits per heavy atom. The molecular formula is C27H27N7O3. The minimum atomic E-state index is 0.00965. The Morgan fingerprint density at radius 3 is 2.22 bits per heavy atom. The van der Waals surface area contributed by atoms with Crippen LogP contribution in [0.25, 0.3) is 17.0 Å². The van der Waals surface area contributed by atoms with Gasteiger partial charge < -0.3 is 24.8 Å². The summed E-state index contributed by atoms with van der Waals surface area (Å²) >= 11 is 0. The molecule has 2 aromatic heterocycles. The normalized spacial score (nSPS) is 11.7. The molecule has 2 N–H and O–H groups in total. The largest absolute Gasteiger partial charge is 0.493 e. The fourth-order valence-corrected chi connectivity index (χ4v) is 4.08. The summed E-state index contributed by atoms with van der Waals surface area (Å²) in [4.78, 5) is 18.3. The summed E-state index contributed by atoms with van der Waals surface area (Å²) in [5, 5.41) is 6.72. The molecule has 0 fully saturated rings. The number of imidazole rings is 1. The lowest BCUT2D eigenvalue weighted by Crippen LogP contribution is -2.13. The van der Waals surface area contributed by atoms with Gasteiger partial charge in [0.1, 0.15) is 6.33 Å². The molecule has 5 rings (SSSR count). The van der Waals surface area contributed by atoms with E-state index in [1.165, 1.54) is 6.33 Å². The summed E-state index contributed by atoms with van der Waals surface area (Å²) in [5.74, 6) is 2.92. The van der Waals surface area contributed by atoms with Crippen molar-refractivity contribution in [1.82, 2.24) is 24.5 Å². The van der Waals surface area contributed by atoms with Gasteiger partial charge in [-0.2, -0.15) is 4.98 Å². The number of nitrogens with one attached hydrogen (secondary N) is 2. The molecule has 10 heteroatoms. The van der Waals surface area contributed by atoms with Gasteiger partial charge in [0.05, 0.1) is 38.4 Å². The number of hydrogen-bond acceptors (Lipinski definition) is 9. The van der Waals surface area contributed by atoms with Crippen molar-refractivity contribution < 1.29 is 14.2 Å². The highest BCUT2D eigenvalue weighted by atomic mass is 16.5. The molecule has 0 aliphatic carbocycles. The standard InChI is InChI=1S/C27H27N7O3/c1-17(18-10-6-5-7-11-18)30-27-32-20-12-8-9-13-21(20)34(27)26-29-16-28-25(33-26)31-19-14-22(35-2)24(37-4)23(15-19)36-3/h5-17H,1-4H3,(H,30,32)(H,28,29,31,33)/t17-/m1/s1. The van der Waals surface area contributed by atoms with Crippen molar-refractivity contribution >= 4 is 28.6 Å². The quantitative estimate of drug-likeness (QED) is 0.286. The lowest BCUT2D eigenvalue weighted by molar-refractivity contribution is 0.324. The molecule has 0 spiro atoms. The van der Waals surface area contributed by atoms with Gasteiger partial charge in [0.25, 0.3) is 0 Å². The molecule has 0 unspecified atom stereocenters. The second-order valence-corrected chi connectivity index (χ2v) is 8.18. The van der Waals surface area contributed by atoms with Gasteiger partial charge in [-0.3, -0.25) is 0 Å². The summed E-state index contributed by atoms with van der Waals surface area (Å²) < 4.78 is 18.2. The maximum absolute atomic E-state index is 5.46. The lowest BCUT2D eigenvalue weighted by Gasteiger charge is -2.16. The Morgan fingerprint density at radius 1 is 0.811 bits per heavy atom. The van der Waals surface area contributed by atoms with E-state index in [0.29, 0.717) is 40.8 Å². The van der Waals surface area contributed by atoms with E-state index >= 15 is 0 Å². The SMILES string of the molecule is COc1cc(Nc2ncnc(-n3c(N[C@H](C)c4ccccc4)nc4ccccc43)n2)cc(OC)c1OC. The van der Waals surface area contributed by atoms with Gasteiger partial charge >= 0.3 is 0 Å². The first-order valence-electron chi connectivity index (χ1n) is 11.7. The molecule has 0 saturated carbocycles. The van der Waals surface area contributed by atoms with Crippen LogP contribution in [-0.4, -0.2) is 45.8 Å². The highest BCUT2D eigenvalue weighted by molar-refractivity contribution is 5.80. The number of nitrogens with zero attached hydrogens (tertiary/aromatic N) is 5. The van der Waals surface area contributed by atoms with Crippen LogP contribution in [0.4, 0.5) is 17.6 Å². The Labute approximate surface area is 214 Å². The number of anilines is 3. The van der Waals surface area contributed by atoms with Gasteiger partial charge in [-0.15, -0.1) is 0 Å². The Balaban J connectivity index is 1.52. The summed E-state index contributed by atoms with van der Waals surface area (Å²) in [6, 6.07) is 21.6. The monoisotopic (exact) mass is 497 g/mol. The van der Waals surface area contributed by atoms with Crippen molar-refractivity contribution in [2.24, 2.45) is 0 Å². The highest BCUT2D eigenvalue weighted by Crippen LogP contribution is 2.40. The van der Waals surface area contributed by atoms with Crippen LogP contribution < -0.4 is 24.8 Å². The molecule has 0 aliphatic heterocycles. The predicted molar refractivity (Wildman–Crippen MR) is 142 cm³/mol. The van der Waals surface area contributed by atoms with Crippen molar-refractivity contribution in [1.29, 1.82) is 0 Å². The van der Waals surface area contributed by atoms with Gasteiger partial charge in [0, 0.05) is 17.8 Å². The third kappa shape index (κ3) is 4.81. The summed E-state index contributed by atoms with van der Waals surface area (Å²) in [6.07, 6.45) is 1.46. The molecule has 0 radical (unpaired) electrons. The lowest BCUT2D eigenvalue weighted by atomic mass is 10.1. The Kier molecular flexibility index (Phi) is 6.71. The van der Waals surface area contributed by atoms with Crippen molar-refractivity contribution in [2.75, 3.05) is 32.0 Å². The number of methoxy groups -OCH3 is 3. The molecule has 3 aromatic carbocycles. The third-order valence-corrected chi connectivity index (χ3v) is 5.89. The summed E-state index contributed by atoms with van der Waals surface area (Å²) in [6.45, 7) is 2.09. The van der Waals surface area contributed by atoms with E-state index in [-0.39, 0.29) is 6.04 Å². The average molecular weight is 498 g/mol. The molecule has 10 nitrogen and oxygen atoms in total. The van der Waals surface area contributed by atoms with Gasteiger partial charge in [-0.05, 0) is 24.6 Å². The van der Waals surface area contributed by atoms with Crippen molar-refractivity contribution in [2.45, 2.75) is 13.0 Å². The predicted octanol–water partition coefficient (Wildman–Crippen LogP) is 5.15. The number of benzene rings is 3.